The van der Waals surface area contributed by atoms with E-state index >= 15 is 0 Å². The summed E-state index contributed by atoms with van der Waals surface area (Å²) in [4.78, 5) is 0. The molecule has 14 heavy (non-hydrogen) atoms. The summed E-state index contributed by atoms with van der Waals surface area (Å²) in [5.41, 5.74) is 1.03. The largest absolute Gasteiger partial charge is 0.155 e. The molecule has 0 aromatic carbocycles. The molecular formula is C10H14Cl2N2. The van der Waals surface area contributed by atoms with Crippen molar-refractivity contribution in [2.45, 2.75) is 39.0 Å². The van der Waals surface area contributed by atoms with Gasteiger partial charge in [0.15, 0.2) is 10.3 Å². The van der Waals surface area contributed by atoms with Crippen molar-refractivity contribution in [3.8, 4) is 0 Å². The fraction of sp³-hybridized carbons (Fsp3) is 0.600. The van der Waals surface area contributed by atoms with Gasteiger partial charge in [-0.15, -0.1) is 10.2 Å². The van der Waals surface area contributed by atoms with Crippen molar-refractivity contribution in [1.82, 2.24) is 10.2 Å². The average Bonchev–Trinajstić information content (AvgIpc) is 2.20. The van der Waals surface area contributed by atoms with Crippen molar-refractivity contribution >= 4 is 23.2 Å². The van der Waals surface area contributed by atoms with Crippen LogP contribution in [-0.4, -0.2) is 10.2 Å². The van der Waals surface area contributed by atoms with Crippen molar-refractivity contribution in [3.63, 3.8) is 0 Å². The summed E-state index contributed by atoms with van der Waals surface area (Å²) in [5, 5.41) is 8.39. The second-order valence-corrected chi connectivity index (χ2v) is 4.38. The van der Waals surface area contributed by atoms with E-state index in [0.29, 0.717) is 10.3 Å². The van der Waals surface area contributed by atoms with E-state index in [1.165, 1.54) is 0 Å². The summed E-state index contributed by atoms with van der Waals surface area (Å²) in [7, 11) is 0. The van der Waals surface area contributed by atoms with E-state index in [1.54, 1.807) is 0 Å². The van der Waals surface area contributed by atoms with E-state index in [9.17, 15) is 0 Å². The molecule has 0 aliphatic carbocycles. The first-order chi connectivity index (χ1) is 6.53. The summed E-state index contributed by atoms with van der Waals surface area (Å²) in [6.07, 6.45) is 2.01. The first-order valence-corrected chi connectivity index (χ1v) is 5.48. The highest BCUT2D eigenvalue weighted by Crippen LogP contribution is 2.35. The summed E-state index contributed by atoms with van der Waals surface area (Å²) in [6, 6.07) is 1.81. The highest BCUT2D eigenvalue weighted by molar-refractivity contribution is 6.31. The molecule has 78 valence electrons. The maximum Gasteiger partial charge on any atom is 0.155 e. The maximum absolute atomic E-state index is 6.01. The van der Waals surface area contributed by atoms with Crippen LogP contribution in [0, 0.1) is 0 Å². The van der Waals surface area contributed by atoms with Gasteiger partial charge in [0.2, 0.25) is 0 Å². The lowest BCUT2D eigenvalue weighted by atomic mass is 9.79. The van der Waals surface area contributed by atoms with E-state index in [-0.39, 0.29) is 5.41 Å². The third-order valence-electron chi connectivity index (χ3n) is 2.93. The minimum Gasteiger partial charge on any atom is -0.137 e. The Balaban J connectivity index is 3.22. The smallest absolute Gasteiger partial charge is 0.137 e. The minimum atomic E-state index is 0.0384. The predicted molar refractivity (Wildman–Crippen MR) is 60.0 cm³/mol. The lowest BCUT2D eigenvalue weighted by molar-refractivity contribution is 0.436. The van der Waals surface area contributed by atoms with Crippen LogP contribution in [0.25, 0.3) is 0 Å². The molecule has 0 amide bonds. The third kappa shape index (κ3) is 2.18. The van der Waals surface area contributed by atoms with Crippen LogP contribution in [0.2, 0.25) is 10.3 Å². The quantitative estimate of drug-likeness (QED) is 0.792. The molecule has 1 heterocycles. The molecule has 0 unspecified atom stereocenters. The average molecular weight is 233 g/mol. The van der Waals surface area contributed by atoms with Gasteiger partial charge >= 0.3 is 0 Å². The molecule has 0 bridgehead atoms. The Morgan fingerprint density at radius 3 is 2.29 bits per heavy atom. The second kappa shape index (κ2) is 4.45. The van der Waals surface area contributed by atoms with E-state index in [1.807, 2.05) is 6.07 Å². The molecule has 0 N–H and O–H groups in total. The van der Waals surface area contributed by atoms with Gasteiger partial charge in [0.05, 0.1) is 0 Å². The topological polar surface area (TPSA) is 25.8 Å². The van der Waals surface area contributed by atoms with Crippen LogP contribution in [0.3, 0.4) is 0 Å². The molecular weight excluding hydrogens is 219 g/mol. The molecule has 4 heteroatoms. The van der Waals surface area contributed by atoms with Crippen LogP contribution in [0.4, 0.5) is 0 Å². The summed E-state index contributed by atoms with van der Waals surface area (Å²) in [5.74, 6) is 0. The van der Waals surface area contributed by atoms with Crippen LogP contribution >= 0.6 is 23.2 Å². The molecule has 1 aromatic rings. The molecule has 0 saturated heterocycles. The molecule has 0 atom stereocenters. The second-order valence-electron chi connectivity index (χ2n) is 3.64. The Morgan fingerprint density at radius 1 is 1.21 bits per heavy atom. The van der Waals surface area contributed by atoms with E-state index in [0.717, 1.165) is 18.4 Å². The van der Waals surface area contributed by atoms with Crippen molar-refractivity contribution in [1.29, 1.82) is 0 Å². The molecule has 0 saturated carbocycles. The molecule has 0 spiro atoms. The Bertz CT molecular complexity index is 322. The van der Waals surface area contributed by atoms with E-state index in [4.69, 9.17) is 23.2 Å². The molecule has 0 aliphatic rings. The molecule has 0 aliphatic heterocycles. The van der Waals surface area contributed by atoms with Crippen LogP contribution in [0.5, 0.6) is 0 Å². The van der Waals surface area contributed by atoms with Gasteiger partial charge in [0, 0.05) is 5.56 Å². The van der Waals surface area contributed by atoms with Gasteiger partial charge in [-0.05, 0) is 24.3 Å². The molecule has 2 nitrogen and oxygen atoms in total. The summed E-state index contributed by atoms with van der Waals surface area (Å²) < 4.78 is 0. The fourth-order valence-corrected chi connectivity index (χ4v) is 1.87. The summed E-state index contributed by atoms with van der Waals surface area (Å²) >= 11 is 11.8. The van der Waals surface area contributed by atoms with Crippen LogP contribution in [0.15, 0.2) is 6.07 Å². The number of hydrogen-bond donors (Lipinski definition) is 0. The lowest BCUT2D eigenvalue weighted by Gasteiger charge is -2.27. The number of nitrogens with zero attached hydrogens (tertiary/aromatic N) is 2. The summed E-state index contributed by atoms with van der Waals surface area (Å²) in [6.45, 7) is 6.43. The zero-order valence-electron chi connectivity index (χ0n) is 8.64. The maximum atomic E-state index is 6.01. The van der Waals surface area contributed by atoms with Gasteiger partial charge in [0.25, 0.3) is 0 Å². The lowest BCUT2D eigenvalue weighted by Crippen LogP contribution is -2.20. The molecule has 0 fully saturated rings. The Morgan fingerprint density at radius 2 is 1.79 bits per heavy atom. The highest BCUT2D eigenvalue weighted by atomic mass is 35.5. The van der Waals surface area contributed by atoms with Crippen LogP contribution in [-0.2, 0) is 5.41 Å². The minimum absolute atomic E-state index is 0.0384. The van der Waals surface area contributed by atoms with E-state index < -0.39 is 0 Å². The van der Waals surface area contributed by atoms with Crippen molar-refractivity contribution in [2.24, 2.45) is 0 Å². The molecule has 1 aromatic heterocycles. The standard InChI is InChI=1S/C10H14Cl2N2/c1-4-10(3,5-2)7-6-8(11)13-14-9(7)12/h6H,4-5H2,1-3H3. The number of rotatable bonds is 3. The Kier molecular flexibility index (Phi) is 3.73. The molecule has 1 rings (SSSR count). The van der Waals surface area contributed by atoms with Gasteiger partial charge in [-0.25, -0.2) is 0 Å². The number of aromatic nitrogens is 2. The van der Waals surface area contributed by atoms with Crippen LogP contribution < -0.4 is 0 Å². The first-order valence-electron chi connectivity index (χ1n) is 4.72. The highest BCUT2D eigenvalue weighted by Gasteiger charge is 2.26. The SMILES string of the molecule is CCC(C)(CC)c1cc(Cl)nnc1Cl. The normalized spacial score (nSPS) is 11.8. The van der Waals surface area contributed by atoms with Crippen LogP contribution in [0.1, 0.15) is 39.2 Å². The first kappa shape index (κ1) is 11.7. The number of hydrogen-bond acceptors (Lipinski definition) is 2. The molecule has 0 radical (unpaired) electrons. The van der Waals surface area contributed by atoms with Crippen molar-refractivity contribution in [2.75, 3.05) is 0 Å². The van der Waals surface area contributed by atoms with Gasteiger partial charge in [-0.2, -0.15) is 0 Å². The van der Waals surface area contributed by atoms with Gasteiger partial charge in [-0.3, -0.25) is 0 Å². The number of halogens is 2. The predicted octanol–water partition coefficient (Wildman–Crippen LogP) is 3.86. The van der Waals surface area contributed by atoms with E-state index in [2.05, 4.69) is 31.0 Å². The van der Waals surface area contributed by atoms with Gasteiger partial charge < -0.3 is 0 Å². The zero-order valence-corrected chi connectivity index (χ0v) is 10.2. The van der Waals surface area contributed by atoms with Gasteiger partial charge in [-0.1, -0.05) is 44.0 Å². The van der Waals surface area contributed by atoms with Crippen molar-refractivity contribution in [3.05, 3.63) is 21.9 Å². The Hall–Kier alpha value is -0.340. The van der Waals surface area contributed by atoms with Crippen molar-refractivity contribution < 1.29 is 0 Å². The van der Waals surface area contributed by atoms with Gasteiger partial charge in [0.1, 0.15) is 0 Å². The zero-order chi connectivity index (χ0) is 10.8. The monoisotopic (exact) mass is 232 g/mol. The third-order valence-corrected chi connectivity index (χ3v) is 3.39. The Labute approximate surface area is 94.6 Å². The fourth-order valence-electron chi connectivity index (χ4n) is 1.41.